The summed E-state index contributed by atoms with van der Waals surface area (Å²) in [4.78, 5) is 11.8. The van der Waals surface area contributed by atoms with Crippen molar-refractivity contribution in [1.29, 1.82) is 0 Å². The molecule has 0 amide bonds. The molecular formula is C13H18O3. The lowest BCUT2D eigenvalue weighted by molar-refractivity contribution is -0.0130. The van der Waals surface area contributed by atoms with E-state index in [9.17, 15) is 4.79 Å². The molecule has 0 aliphatic heterocycles. The predicted octanol–water partition coefficient (Wildman–Crippen LogP) is 3.13. The van der Waals surface area contributed by atoms with Crippen molar-refractivity contribution in [3.05, 3.63) is 29.8 Å². The Labute approximate surface area is 96.1 Å². The normalized spacial score (nSPS) is 11.2. The highest BCUT2D eigenvalue weighted by molar-refractivity contribution is 5.89. The van der Waals surface area contributed by atoms with E-state index >= 15 is 0 Å². The van der Waals surface area contributed by atoms with Crippen LogP contribution in [0.4, 0.5) is 0 Å². The third-order valence-corrected chi connectivity index (χ3v) is 2.94. The summed E-state index contributed by atoms with van der Waals surface area (Å²) >= 11 is 0. The molecule has 0 aliphatic rings. The van der Waals surface area contributed by atoms with Gasteiger partial charge in [0.15, 0.2) is 0 Å². The van der Waals surface area contributed by atoms with Gasteiger partial charge in [-0.05, 0) is 44.0 Å². The Morgan fingerprint density at radius 2 is 1.75 bits per heavy atom. The van der Waals surface area contributed by atoms with Gasteiger partial charge in [0, 0.05) is 0 Å². The second-order valence-corrected chi connectivity index (χ2v) is 4.09. The molecule has 0 aliphatic carbocycles. The Hall–Kier alpha value is -1.51. The van der Waals surface area contributed by atoms with E-state index in [0.717, 1.165) is 12.8 Å². The molecule has 1 aromatic carbocycles. The lowest BCUT2D eigenvalue weighted by Gasteiger charge is -2.26. The molecule has 88 valence electrons. The van der Waals surface area contributed by atoms with Gasteiger partial charge in [0.05, 0.1) is 5.56 Å². The molecule has 0 atom stereocenters. The van der Waals surface area contributed by atoms with Crippen LogP contribution < -0.4 is 0 Å². The minimum atomic E-state index is -0.408. The molecule has 1 rings (SSSR count). The number of phenolic OH excluding ortho intramolecular Hbond substituents is 1. The average molecular weight is 222 g/mol. The molecule has 0 heterocycles. The second kappa shape index (κ2) is 5.01. The Balaban J connectivity index is 2.76. The third kappa shape index (κ3) is 2.99. The van der Waals surface area contributed by atoms with Crippen molar-refractivity contribution in [1.82, 2.24) is 0 Å². The zero-order valence-corrected chi connectivity index (χ0v) is 9.99. The summed E-state index contributed by atoms with van der Waals surface area (Å²) in [6.07, 6.45) is 1.57. The van der Waals surface area contributed by atoms with E-state index in [1.165, 1.54) is 12.1 Å². The summed E-state index contributed by atoms with van der Waals surface area (Å²) in [6.45, 7) is 5.91. The maximum Gasteiger partial charge on any atom is 0.338 e. The summed E-state index contributed by atoms with van der Waals surface area (Å²) in [5.41, 5.74) is 0.0561. The smallest absolute Gasteiger partial charge is 0.338 e. The van der Waals surface area contributed by atoms with Gasteiger partial charge in [-0.2, -0.15) is 0 Å². The van der Waals surface area contributed by atoms with Crippen molar-refractivity contribution in [3.8, 4) is 5.75 Å². The molecule has 0 radical (unpaired) electrons. The molecule has 0 saturated carbocycles. The maximum absolute atomic E-state index is 11.8. The van der Waals surface area contributed by atoms with Crippen LogP contribution in [0.3, 0.4) is 0 Å². The number of aromatic hydroxyl groups is 1. The van der Waals surface area contributed by atoms with E-state index in [4.69, 9.17) is 9.84 Å². The van der Waals surface area contributed by atoms with Crippen molar-refractivity contribution in [2.24, 2.45) is 0 Å². The highest BCUT2D eigenvalue weighted by atomic mass is 16.6. The predicted molar refractivity (Wildman–Crippen MR) is 62.5 cm³/mol. The van der Waals surface area contributed by atoms with E-state index in [-0.39, 0.29) is 11.7 Å². The zero-order chi connectivity index (χ0) is 12.2. The van der Waals surface area contributed by atoms with Crippen molar-refractivity contribution in [2.75, 3.05) is 0 Å². The third-order valence-electron chi connectivity index (χ3n) is 2.94. The van der Waals surface area contributed by atoms with Gasteiger partial charge in [-0.3, -0.25) is 0 Å². The van der Waals surface area contributed by atoms with Gasteiger partial charge in [0.25, 0.3) is 0 Å². The molecule has 0 aromatic heterocycles. The quantitative estimate of drug-likeness (QED) is 0.796. The Bertz CT molecular complexity index is 350. The number of phenols is 1. The lowest BCUT2D eigenvalue weighted by Crippen LogP contribution is -2.30. The summed E-state index contributed by atoms with van der Waals surface area (Å²) < 4.78 is 5.44. The van der Waals surface area contributed by atoms with Gasteiger partial charge in [0.1, 0.15) is 11.4 Å². The van der Waals surface area contributed by atoms with E-state index in [2.05, 4.69) is 0 Å². The summed E-state index contributed by atoms with van der Waals surface area (Å²) in [5, 5.41) is 9.11. The summed E-state index contributed by atoms with van der Waals surface area (Å²) in [6, 6.07) is 6.07. The van der Waals surface area contributed by atoms with Crippen LogP contribution in [0.15, 0.2) is 24.3 Å². The first-order chi connectivity index (χ1) is 7.50. The number of rotatable bonds is 4. The molecule has 0 unspecified atom stereocenters. The van der Waals surface area contributed by atoms with Gasteiger partial charge in [-0.15, -0.1) is 0 Å². The molecule has 1 N–H and O–H groups in total. The van der Waals surface area contributed by atoms with Crippen LogP contribution in [0.1, 0.15) is 44.0 Å². The summed E-state index contributed by atoms with van der Waals surface area (Å²) in [5.74, 6) is -0.198. The SMILES string of the molecule is CCC(C)(CC)OC(=O)c1ccc(O)cc1. The standard InChI is InChI=1S/C13H18O3/c1-4-13(3,5-2)16-12(15)10-6-8-11(14)9-7-10/h6-9,14H,4-5H2,1-3H3. The van der Waals surface area contributed by atoms with Gasteiger partial charge in [0.2, 0.25) is 0 Å². The van der Waals surface area contributed by atoms with Crippen molar-refractivity contribution < 1.29 is 14.6 Å². The van der Waals surface area contributed by atoms with E-state index < -0.39 is 5.60 Å². The number of benzene rings is 1. The van der Waals surface area contributed by atoms with Gasteiger partial charge < -0.3 is 9.84 Å². The van der Waals surface area contributed by atoms with E-state index in [1.807, 2.05) is 20.8 Å². The number of carbonyl (C=O) groups excluding carboxylic acids is 1. The van der Waals surface area contributed by atoms with Crippen molar-refractivity contribution >= 4 is 5.97 Å². The molecule has 16 heavy (non-hydrogen) atoms. The molecule has 0 bridgehead atoms. The van der Waals surface area contributed by atoms with Gasteiger partial charge in [-0.25, -0.2) is 4.79 Å². The van der Waals surface area contributed by atoms with Gasteiger partial charge in [-0.1, -0.05) is 13.8 Å². The fourth-order valence-corrected chi connectivity index (χ4v) is 1.27. The number of hydrogen-bond acceptors (Lipinski definition) is 3. The number of ether oxygens (including phenoxy) is 1. The molecule has 0 spiro atoms. The second-order valence-electron chi connectivity index (χ2n) is 4.09. The number of hydrogen-bond donors (Lipinski definition) is 1. The minimum absolute atomic E-state index is 0.144. The van der Waals surface area contributed by atoms with E-state index in [0.29, 0.717) is 5.56 Å². The zero-order valence-electron chi connectivity index (χ0n) is 9.99. The Kier molecular flexibility index (Phi) is 3.93. The first-order valence-corrected chi connectivity index (χ1v) is 5.53. The lowest BCUT2D eigenvalue weighted by atomic mass is 10.00. The molecule has 0 saturated heterocycles. The fourth-order valence-electron chi connectivity index (χ4n) is 1.27. The highest BCUT2D eigenvalue weighted by Crippen LogP contribution is 2.21. The van der Waals surface area contributed by atoms with Crippen molar-refractivity contribution in [2.45, 2.75) is 39.2 Å². The highest BCUT2D eigenvalue weighted by Gasteiger charge is 2.24. The van der Waals surface area contributed by atoms with Gasteiger partial charge >= 0.3 is 5.97 Å². The topological polar surface area (TPSA) is 46.5 Å². The Morgan fingerprint density at radius 1 is 1.25 bits per heavy atom. The summed E-state index contributed by atoms with van der Waals surface area (Å²) in [7, 11) is 0. The van der Waals surface area contributed by atoms with Crippen LogP contribution in [0.2, 0.25) is 0 Å². The number of esters is 1. The molecule has 3 nitrogen and oxygen atoms in total. The van der Waals surface area contributed by atoms with Crippen LogP contribution in [0, 0.1) is 0 Å². The van der Waals surface area contributed by atoms with Crippen LogP contribution in [0.25, 0.3) is 0 Å². The molecular weight excluding hydrogens is 204 g/mol. The fraction of sp³-hybridized carbons (Fsp3) is 0.462. The van der Waals surface area contributed by atoms with Crippen LogP contribution in [-0.4, -0.2) is 16.7 Å². The molecule has 3 heteroatoms. The Morgan fingerprint density at radius 3 is 2.19 bits per heavy atom. The first kappa shape index (κ1) is 12.6. The van der Waals surface area contributed by atoms with Crippen LogP contribution >= 0.6 is 0 Å². The van der Waals surface area contributed by atoms with Crippen molar-refractivity contribution in [3.63, 3.8) is 0 Å². The average Bonchev–Trinajstić information content (AvgIpc) is 2.29. The molecule has 1 aromatic rings. The maximum atomic E-state index is 11.8. The first-order valence-electron chi connectivity index (χ1n) is 5.53. The monoisotopic (exact) mass is 222 g/mol. The molecule has 0 fully saturated rings. The minimum Gasteiger partial charge on any atom is -0.508 e. The van der Waals surface area contributed by atoms with Crippen LogP contribution in [-0.2, 0) is 4.74 Å². The number of carbonyl (C=O) groups is 1. The van der Waals surface area contributed by atoms with E-state index in [1.54, 1.807) is 12.1 Å². The largest absolute Gasteiger partial charge is 0.508 e. The van der Waals surface area contributed by atoms with Crippen LogP contribution in [0.5, 0.6) is 5.75 Å².